The van der Waals surface area contributed by atoms with Crippen molar-refractivity contribution in [2.24, 2.45) is 0 Å². The lowest BCUT2D eigenvalue weighted by molar-refractivity contribution is 0.0743. The Balaban J connectivity index is 2.40. The highest BCUT2D eigenvalue weighted by Gasteiger charge is 2.23. The summed E-state index contributed by atoms with van der Waals surface area (Å²) in [7, 11) is 0. The fourth-order valence-electron chi connectivity index (χ4n) is 2.70. The predicted octanol–water partition coefficient (Wildman–Crippen LogP) is 4.59. The van der Waals surface area contributed by atoms with Crippen LogP contribution >= 0.6 is 11.6 Å². The van der Waals surface area contributed by atoms with E-state index in [1.54, 1.807) is 12.1 Å². The van der Waals surface area contributed by atoms with Crippen molar-refractivity contribution in [2.75, 3.05) is 13.1 Å². The average molecular weight is 336 g/mol. The topological polar surface area (TPSA) is 37.6 Å². The summed E-state index contributed by atoms with van der Waals surface area (Å²) < 4.78 is 1.87. The fraction of sp³-hybridized carbons (Fsp3) is 0.556. The number of imidazole rings is 1. The molecule has 0 aliphatic rings. The molecule has 126 valence electrons. The Hall–Kier alpha value is -1.55. The third-order valence-electron chi connectivity index (χ3n) is 4.05. The third kappa shape index (κ3) is 4.05. The van der Waals surface area contributed by atoms with Gasteiger partial charge in [0.1, 0.15) is 11.3 Å². The highest BCUT2D eigenvalue weighted by molar-refractivity contribution is 6.30. The van der Waals surface area contributed by atoms with Crippen LogP contribution < -0.4 is 0 Å². The third-order valence-corrected chi connectivity index (χ3v) is 4.28. The molecule has 0 unspecified atom stereocenters. The molecule has 0 fully saturated rings. The minimum absolute atomic E-state index is 0.0820. The van der Waals surface area contributed by atoms with Gasteiger partial charge in [0, 0.05) is 30.4 Å². The first-order chi connectivity index (χ1) is 11.1. The van der Waals surface area contributed by atoms with Crippen molar-refractivity contribution >= 4 is 23.2 Å². The van der Waals surface area contributed by atoms with E-state index in [2.05, 4.69) is 18.8 Å². The normalized spacial score (nSPS) is 11.1. The van der Waals surface area contributed by atoms with E-state index in [-0.39, 0.29) is 5.91 Å². The van der Waals surface area contributed by atoms with Crippen LogP contribution in [0.1, 0.15) is 62.6 Å². The molecule has 0 N–H and O–H groups in total. The fourth-order valence-corrected chi connectivity index (χ4v) is 2.86. The van der Waals surface area contributed by atoms with Gasteiger partial charge >= 0.3 is 0 Å². The lowest BCUT2D eigenvalue weighted by Crippen LogP contribution is -2.34. The van der Waals surface area contributed by atoms with Crippen LogP contribution in [0.5, 0.6) is 0 Å². The summed E-state index contributed by atoms with van der Waals surface area (Å²) in [6.07, 6.45) is 6.79. The molecule has 5 heteroatoms. The smallest absolute Gasteiger partial charge is 0.272 e. The Morgan fingerprint density at radius 3 is 2.43 bits per heavy atom. The number of carbonyl (C=O) groups excluding carboxylic acids is 1. The molecule has 0 spiro atoms. The van der Waals surface area contributed by atoms with Crippen molar-refractivity contribution in [3.63, 3.8) is 0 Å². The van der Waals surface area contributed by atoms with Gasteiger partial charge in [-0.3, -0.25) is 9.20 Å². The Morgan fingerprint density at radius 1 is 1.22 bits per heavy atom. The summed E-state index contributed by atoms with van der Waals surface area (Å²) >= 11 is 6.05. The molecule has 4 nitrogen and oxygen atoms in total. The van der Waals surface area contributed by atoms with E-state index in [1.807, 2.05) is 22.4 Å². The average Bonchev–Trinajstić information content (AvgIpc) is 2.91. The molecule has 2 rings (SSSR count). The number of amides is 1. The van der Waals surface area contributed by atoms with Crippen molar-refractivity contribution in [1.82, 2.24) is 14.3 Å². The quantitative estimate of drug-likeness (QED) is 0.707. The van der Waals surface area contributed by atoms with E-state index < -0.39 is 0 Å². The summed E-state index contributed by atoms with van der Waals surface area (Å²) in [4.78, 5) is 19.7. The van der Waals surface area contributed by atoms with Crippen LogP contribution in [0.2, 0.25) is 5.02 Å². The highest BCUT2D eigenvalue weighted by Crippen LogP contribution is 2.19. The second kappa shape index (κ2) is 8.34. The standard InChI is InChI=1S/C18H26ClN3O/c1-4-7-10-21(11-8-5-2)18(23)17-15(6-3)20-16-13-14(19)9-12-22(16)17/h9,12-13H,4-8,10-11H2,1-3H3. The van der Waals surface area contributed by atoms with Gasteiger partial charge in [0.2, 0.25) is 0 Å². The molecule has 23 heavy (non-hydrogen) atoms. The van der Waals surface area contributed by atoms with Crippen molar-refractivity contribution in [3.8, 4) is 0 Å². The van der Waals surface area contributed by atoms with Crippen molar-refractivity contribution < 1.29 is 4.79 Å². The second-order valence-electron chi connectivity index (χ2n) is 5.83. The van der Waals surface area contributed by atoms with E-state index in [9.17, 15) is 4.79 Å². The second-order valence-corrected chi connectivity index (χ2v) is 6.27. The highest BCUT2D eigenvalue weighted by atomic mass is 35.5. The molecule has 0 atom stereocenters. The largest absolute Gasteiger partial charge is 0.337 e. The van der Waals surface area contributed by atoms with Crippen molar-refractivity contribution in [3.05, 3.63) is 34.7 Å². The minimum Gasteiger partial charge on any atom is -0.337 e. The van der Waals surface area contributed by atoms with Gasteiger partial charge < -0.3 is 4.90 Å². The molecule has 0 bridgehead atoms. The Kier molecular flexibility index (Phi) is 6.46. The van der Waals surface area contributed by atoms with Crippen LogP contribution in [-0.2, 0) is 6.42 Å². The molecule has 2 aromatic heterocycles. The molecule has 0 aliphatic carbocycles. The molecule has 0 saturated heterocycles. The molecule has 1 amide bonds. The molecular weight excluding hydrogens is 310 g/mol. The van der Waals surface area contributed by atoms with Gasteiger partial charge in [-0.1, -0.05) is 45.2 Å². The minimum atomic E-state index is 0.0820. The molecule has 0 saturated carbocycles. The predicted molar refractivity (Wildman–Crippen MR) is 95.3 cm³/mol. The molecule has 2 aromatic rings. The van der Waals surface area contributed by atoms with E-state index in [4.69, 9.17) is 11.6 Å². The van der Waals surface area contributed by atoms with Crippen LogP contribution in [0, 0.1) is 0 Å². The van der Waals surface area contributed by atoms with Crippen LogP contribution in [0.4, 0.5) is 0 Å². The van der Waals surface area contributed by atoms with Gasteiger partial charge in [0.05, 0.1) is 5.69 Å². The Labute approximate surface area is 143 Å². The zero-order valence-electron chi connectivity index (χ0n) is 14.3. The van der Waals surface area contributed by atoms with E-state index in [0.29, 0.717) is 10.7 Å². The molecule has 0 aliphatic heterocycles. The summed E-state index contributed by atoms with van der Waals surface area (Å²) in [5.74, 6) is 0.0820. The zero-order valence-corrected chi connectivity index (χ0v) is 15.1. The van der Waals surface area contributed by atoms with E-state index in [0.717, 1.165) is 56.5 Å². The molecule has 0 aromatic carbocycles. The van der Waals surface area contributed by atoms with Gasteiger partial charge in [-0.15, -0.1) is 0 Å². The van der Waals surface area contributed by atoms with Gasteiger partial charge in [-0.05, 0) is 25.3 Å². The lowest BCUT2D eigenvalue weighted by atomic mass is 10.2. The van der Waals surface area contributed by atoms with Crippen LogP contribution in [0.25, 0.3) is 5.65 Å². The molecule has 0 radical (unpaired) electrons. The number of rotatable bonds is 8. The maximum absolute atomic E-state index is 13.1. The van der Waals surface area contributed by atoms with E-state index in [1.165, 1.54) is 0 Å². The molecular formula is C18H26ClN3O. The van der Waals surface area contributed by atoms with Gasteiger partial charge in [-0.25, -0.2) is 4.98 Å². The maximum atomic E-state index is 13.1. The number of aryl methyl sites for hydroxylation is 1. The summed E-state index contributed by atoms with van der Waals surface area (Å²) in [6, 6.07) is 3.61. The Bertz CT molecular complexity index is 658. The van der Waals surface area contributed by atoms with Crippen molar-refractivity contribution in [1.29, 1.82) is 0 Å². The first-order valence-electron chi connectivity index (χ1n) is 8.58. The number of hydrogen-bond donors (Lipinski definition) is 0. The number of unbranched alkanes of at least 4 members (excludes halogenated alkanes) is 2. The van der Waals surface area contributed by atoms with Crippen LogP contribution in [0.3, 0.4) is 0 Å². The van der Waals surface area contributed by atoms with Gasteiger partial charge in [0.15, 0.2) is 0 Å². The first kappa shape index (κ1) is 17.8. The Morgan fingerprint density at radius 2 is 1.87 bits per heavy atom. The summed E-state index contributed by atoms with van der Waals surface area (Å²) in [6.45, 7) is 7.94. The van der Waals surface area contributed by atoms with Crippen LogP contribution in [0.15, 0.2) is 18.3 Å². The summed E-state index contributed by atoms with van der Waals surface area (Å²) in [5.41, 5.74) is 2.27. The van der Waals surface area contributed by atoms with Crippen molar-refractivity contribution in [2.45, 2.75) is 52.9 Å². The number of carbonyl (C=O) groups is 1. The number of nitrogens with zero attached hydrogens (tertiary/aromatic N) is 3. The number of fused-ring (bicyclic) bond motifs is 1. The first-order valence-corrected chi connectivity index (χ1v) is 8.95. The zero-order chi connectivity index (χ0) is 16.8. The number of aromatic nitrogens is 2. The SMILES string of the molecule is CCCCN(CCCC)C(=O)c1c(CC)nc2cc(Cl)ccn12. The van der Waals surface area contributed by atoms with E-state index >= 15 is 0 Å². The lowest BCUT2D eigenvalue weighted by Gasteiger charge is -2.22. The molecule has 2 heterocycles. The summed E-state index contributed by atoms with van der Waals surface area (Å²) in [5, 5.41) is 0.637. The number of halogens is 1. The monoisotopic (exact) mass is 335 g/mol. The van der Waals surface area contributed by atoms with Gasteiger partial charge in [-0.2, -0.15) is 0 Å². The number of hydrogen-bond acceptors (Lipinski definition) is 2. The van der Waals surface area contributed by atoms with Crippen LogP contribution in [-0.4, -0.2) is 33.3 Å². The number of pyridine rings is 1. The van der Waals surface area contributed by atoms with Gasteiger partial charge in [0.25, 0.3) is 5.91 Å². The maximum Gasteiger partial charge on any atom is 0.272 e.